The summed E-state index contributed by atoms with van der Waals surface area (Å²) in [6.45, 7) is 0. The van der Waals surface area contributed by atoms with Crippen molar-refractivity contribution in [2.45, 2.75) is 25.2 Å². The second kappa shape index (κ2) is 3.44. The molecule has 1 heterocycles. The molecule has 1 rings (SSSR count). The molecule has 0 aliphatic carbocycles. The molecule has 1 saturated heterocycles. The third-order valence-electron chi connectivity index (χ3n) is 1.54. The van der Waals surface area contributed by atoms with Crippen LogP contribution in [0.1, 0.15) is 12.8 Å². The summed E-state index contributed by atoms with van der Waals surface area (Å²) in [6.07, 6.45) is 2.45. The van der Waals surface area contributed by atoms with Gasteiger partial charge in [-0.05, 0) is 6.42 Å². The summed E-state index contributed by atoms with van der Waals surface area (Å²) in [5, 5.41) is 0. The van der Waals surface area contributed by atoms with E-state index in [1.165, 1.54) is 0 Å². The highest BCUT2D eigenvalue weighted by Gasteiger charge is 2.22. The zero-order chi connectivity index (χ0) is 6.69. The first kappa shape index (κ1) is 7.38. The molecule has 2 unspecified atom stereocenters. The fourth-order valence-electron chi connectivity index (χ4n) is 0.980. The molecule has 54 valence electrons. The summed E-state index contributed by atoms with van der Waals surface area (Å²) in [5.74, 6) is 0.805. The van der Waals surface area contributed by atoms with Crippen LogP contribution in [0.4, 0.5) is 0 Å². The molecule has 0 saturated carbocycles. The molecule has 9 heavy (non-hydrogen) atoms. The summed E-state index contributed by atoms with van der Waals surface area (Å²) >= 11 is 4.11. The second-order valence-corrected chi connectivity index (χ2v) is 2.55. The van der Waals surface area contributed by atoms with Gasteiger partial charge in [0.05, 0.1) is 6.10 Å². The van der Waals surface area contributed by atoms with E-state index in [0.717, 1.165) is 18.6 Å². The molecular weight excluding hydrogens is 136 g/mol. The van der Waals surface area contributed by atoms with E-state index >= 15 is 0 Å². The first-order valence-corrected chi connectivity index (χ1v) is 3.79. The molecule has 0 N–H and O–H groups in total. The Labute approximate surface area is 60.9 Å². The van der Waals surface area contributed by atoms with Crippen molar-refractivity contribution in [3.8, 4) is 0 Å². The molecule has 2 nitrogen and oxygen atoms in total. The molecule has 1 fully saturated rings. The first-order chi connectivity index (χ1) is 4.36. The zero-order valence-electron chi connectivity index (χ0n) is 5.54. The van der Waals surface area contributed by atoms with E-state index in [9.17, 15) is 0 Å². The number of methoxy groups -OCH3 is 1. The topological polar surface area (TPSA) is 18.5 Å². The Bertz CT molecular complexity index is 77.1. The van der Waals surface area contributed by atoms with Gasteiger partial charge in [0, 0.05) is 19.3 Å². The van der Waals surface area contributed by atoms with E-state index in [2.05, 4.69) is 12.6 Å². The maximum absolute atomic E-state index is 5.36. The minimum atomic E-state index is 0.0298. The number of hydrogen-bond donors (Lipinski definition) is 1. The second-order valence-electron chi connectivity index (χ2n) is 2.18. The SMILES string of the molecule is COC1CCC(CS)O1. The van der Waals surface area contributed by atoms with E-state index in [4.69, 9.17) is 9.47 Å². The van der Waals surface area contributed by atoms with Crippen molar-refractivity contribution in [3.63, 3.8) is 0 Å². The van der Waals surface area contributed by atoms with Crippen LogP contribution in [0.2, 0.25) is 0 Å². The summed E-state index contributed by atoms with van der Waals surface area (Å²) in [6, 6.07) is 0. The lowest BCUT2D eigenvalue weighted by molar-refractivity contribution is -0.109. The molecular formula is C6H12O2S. The molecule has 0 aromatic carbocycles. The Hall–Kier alpha value is 0.270. The molecule has 1 aliphatic rings. The molecule has 1 aliphatic heterocycles. The van der Waals surface area contributed by atoms with Gasteiger partial charge in [-0.2, -0.15) is 12.6 Å². The minimum absolute atomic E-state index is 0.0298. The van der Waals surface area contributed by atoms with Crippen LogP contribution in [0.5, 0.6) is 0 Å². The standard InChI is InChI=1S/C6H12O2S/c1-7-6-3-2-5(4-9)8-6/h5-6,9H,2-4H2,1H3. The van der Waals surface area contributed by atoms with Crippen LogP contribution in [-0.2, 0) is 9.47 Å². The van der Waals surface area contributed by atoms with E-state index in [1.54, 1.807) is 7.11 Å². The Morgan fingerprint density at radius 3 is 2.78 bits per heavy atom. The Morgan fingerprint density at radius 2 is 2.44 bits per heavy atom. The summed E-state index contributed by atoms with van der Waals surface area (Å²) < 4.78 is 10.3. The van der Waals surface area contributed by atoms with E-state index in [-0.39, 0.29) is 6.29 Å². The van der Waals surface area contributed by atoms with Crippen LogP contribution in [0.25, 0.3) is 0 Å². The molecule has 2 atom stereocenters. The van der Waals surface area contributed by atoms with Gasteiger partial charge in [0.25, 0.3) is 0 Å². The van der Waals surface area contributed by atoms with Crippen LogP contribution >= 0.6 is 12.6 Å². The molecule has 0 aromatic heterocycles. The molecule has 0 spiro atoms. The monoisotopic (exact) mass is 148 g/mol. The van der Waals surface area contributed by atoms with Crippen molar-refractivity contribution in [1.29, 1.82) is 0 Å². The van der Waals surface area contributed by atoms with E-state index < -0.39 is 0 Å². The van der Waals surface area contributed by atoms with Gasteiger partial charge >= 0.3 is 0 Å². The van der Waals surface area contributed by atoms with Gasteiger partial charge < -0.3 is 9.47 Å². The predicted octanol–water partition coefficient (Wildman–Crippen LogP) is 1.07. The number of hydrogen-bond acceptors (Lipinski definition) is 3. The lowest BCUT2D eigenvalue weighted by Gasteiger charge is -2.08. The van der Waals surface area contributed by atoms with Gasteiger partial charge in [0.15, 0.2) is 6.29 Å². The quantitative estimate of drug-likeness (QED) is 0.590. The highest BCUT2D eigenvalue weighted by atomic mass is 32.1. The summed E-state index contributed by atoms with van der Waals surface area (Å²) in [5.41, 5.74) is 0. The molecule has 0 aromatic rings. The van der Waals surface area contributed by atoms with E-state index in [0.29, 0.717) is 6.10 Å². The van der Waals surface area contributed by atoms with Crippen molar-refractivity contribution in [2.24, 2.45) is 0 Å². The van der Waals surface area contributed by atoms with Crippen LogP contribution in [-0.4, -0.2) is 25.3 Å². The normalized spacial score (nSPS) is 35.3. The average molecular weight is 148 g/mol. The average Bonchev–Trinajstić information content (AvgIpc) is 2.34. The predicted molar refractivity (Wildman–Crippen MR) is 38.8 cm³/mol. The van der Waals surface area contributed by atoms with Crippen LogP contribution in [0.15, 0.2) is 0 Å². The van der Waals surface area contributed by atoms with Crippen LogP contribution in [0.3, 0.4) is 0 Å². The smallest absolute Gasteiger partial charge is 0.157 e. The summed E-state index contributed by atoms with van der Waals surface area (Å²) in [4.78, 5) is 0. The van der Waals surface area contributed by atoms with Gasteiger partial charge in [-0.1, -0.05) is 0 Å². The highest BCUT2D eigenvalue weighted by molar-refractivity contribution is 7.80. The van der Waals surface area contributed by atoms with Gasteiger partial charge in [-0.3, -0.25) is 0 Å². The van der Waals surface area contributed by atoms with Crippen molar-refractivity contribution in [3.05, 3.63) is 0 Å². The van der Waals surface area contributed by atoms with Crippen molar-refractivity contribution < 1.29 is 9.47 Å². The Balaban J connectivity index is 2.20. The van der Waals surface area contributed by atoms with Crippen LogP contribution in [0, 0.1) is 0 Å². The maximum Gasteiger partial charge on any atom is 0.157 e. The molecule has 0 radical (unpaired) electrons. The van der Waals surface area contributed by atoms with E-state index in [1.807, 2.05) is 0 Å². The van der Waals surface area contributed by atoms with Crippen molar-refractivity contribution in [2.75, 3.05) is 12.9 Å². The molecule has 3 heteroatoms. The fraction of sp³-hybridized carbons (Fsp3) is 1.00. The number of thiol groups is 1. The van der Waals surface area contributed by atoms with Gasteiger partial charge in [-0.15, -0.1) is 0 Å². The third kappa shape index (κ3) is 1.85. The lowest BCUT2D eigenvalue weighted by atomic mass is 10.3. The maximum atomic E-state index is 5.36. The summed E-state index contributed by atoms with van der Waals surface area (Å²) in [7, 11) is 1.67. The minimum Gasteiger partial charge on any atom is -0.356 e. The Kier molecular flexibility index (Phi) is 2.82. The van der Waals surface area contributed by atoms with Gasteiger partial charge in [0.1, 0.15) is 0 Å². The van der Waals surface area contributed by atoms with Gasteiger partial charge in [0.2, 0.25) is 0 Å². The lowest BCUT2D eigenvalue weighted by Crippen LogP contribution is -2.13. The molecule has 0 amide bonds. The third-order valence-corrected chi connectivity index (χ3v) is 1.94. The number of ether oxygens (including phenoxy) is 2. The first-order valence-electron chi connectivity index (χ1n) is 3.16. The van der Waals surface area contributed by atoms with Crippen molar-refractivity contribution in [1.82, 2.24) is 0 Å². The van der Waals surface area contributed by atoms with Crippen molar-refractivity contribution >= 4 is 12.6 Å². The largest absolute Gasteiger partial charge is 0.356 e. The fourth-order valence-corrected chi connectivity index (χ4v) is 1.25. The molecule has 0 bridgehead atoms. The number of rotatable bonds is 2. The van der Waals surface area contributed by atoms with Gasteiger partial charge in [-0.25, -0.2) is 0 Å². The highest BCUT2D eigenvalue weighted by Crippen LogP contribution is 2.20. The van der Waals surface area contributed by atoms with Crippen LogP contribution < -0.4 is 0 Å². The Morgan fingerprint density at radius 1 is 1.67 bits per heavy atom. The zero-order valence-corrected chi connectivity index (χ0v) is 6.43.